The number of piperazine rings is 2. The fourth-order valence-electron chi connectivity index (χ4n) is 17.8. The highest BCUT2D eigenvalue weighted by Gasteiger charge is 2.71. The van der Waals surface area contributed by atoms with Gasteiger partial charge in [0.1, 0.15) is 34.9 Å². The Bertz CT molecular complexity index is 3600. The van der Waals surface area contributed by atoms with E-state index in [0.29, 0.717) is 61.1 Å². The van der Waals surface area contributed by atoms with Crippen molar-refractivity contribution in [3.8, 4) is 11.8 Å². The fraction of sp³-hybridized carbons (Fsp3) is 0.658. The molecule has 2 aromatic rings. The van der Waals surface area contributed by atoms with E-state index in [-0.39, 0.29) is 93.4 Å². The number of rotatable bonds is 24. The maximum atomic E-state index is 15.4. The highest BCUT2D eigenvalue weighted by molar-refractivity contribution is 6.06. The van der Waals surface area contributed by atoms with Crippen molar-refractivity contribution in [3.05, 3.63) is 82.0 Å². The lowest BCUT2D eigenvalue weighted by Gasteiger charge is -2.61. The number of amides is 8. The minimum absolute atomic E-state index is 0.000956. The molecule has 4 unspecified atom stereocenters. The number of fused-ring (bicyclic) bond motifs is 4. The number of ether oxygens (including phenoxy) is 3. The number of benzene rings is 2. The molecule has 101 heavy (non-hydrogen) atoms. The van der Waals surface area contributed by atoms with Crippen LogP contribution >= 0.6 is 0 Å². The molecule has 22 heteroatoms. The number of hydrogen-bond acceptors (Lipinski definition) is 15. The molecule has 11 rings (SSSR count). The Morgan fingerprint density at radius 1 is 0.733 bits per heavy atom. The third kappa shape index (κ3) is 16.2. The summed E-state index contributed by atoms with van der Waals surface area (Å²) in [5.41, 5.74) is 5.93. The molecule has 4 aliphatic carbocycles. The second kappa shape index (κ2) is 31.4. The van der Waals surface area contributed by atoms with Crippen molar-refractivity contribution in [1.82, 2.24) is 34.7 Å². The number of ketones is 1. The Kier molecular flexibility index (Phi) is 23.2. The summed E-state index contributed by atoms with van der Waals surface area (Å²) in [6.45, 7) is 15.1. The lowest BCUT2D eigenvalue weighted by molar-refractivity contribution is -0.245. The minimum Gasteiger partial charge on any atom is -0.444 e. The molecule has 9 aliphatic rings. The summed E-state index contributed by atoms with van der Waals surface area (Å²) in [6.07, 6.45) is 18.0. The Hall–Kier alpha value is -7.77. The number of anilines is 2. The van der Waals surface area contributed by atoms with Crippen molar-refractivity contribution in [2.45, 2.75) is 237 Å². The number of allylic oxidation sites excluding steroid dienone is 4. The quantitative estimate of drug-likeness (QED) is 0.0502. The SMILES string of the molecule is CC#C[C@]12CC[C@H]3[C@@H]4CCC5=CC(=O)CCC5=C4[C@@H](c4ccc(N(C)CCCC(=O)N5CCN(C(=O)OC(C)(C)C)CC5C(=O)N5CCN(C(=O)OC(C)(C)C)CC5C(=O)N(C)CCCCCCCCCCCCCNc5cccc6c5C(O)N(C5CCC(=O)NC5=O)C6=O)cc4)C[C@@]31CO2. The van der Waals surface area contributed by atoms with Gasteiger partial charge in [-0.15, -0.1) is 5.92 Å². The van der Waals surface area contributed by atoms with Crippen molar-refractivity contribution in [2.75, 3.05) is 89.8 Å². The number of carbonyl (C=O) groups is 9. The maximum absolute atomic E-state index is 15.4. The van der Waals surface area contributed by atoms with Gasteiger partial charge >= 0.3 is 12.2 Å². The van der Waals surface area contributed by atoms with E-state index >= 15 is 4.79 Å². The Balaban J connectivity index is 0.662. The van der Waals surface area contributed by atoms with Crippen LogP contribution in [0.1, 0.15) is 223 Å². The van der Waals surface area contributed by atoms with Gasteiger partial charge in [0.25, 0.3) is 5.91 Å². The number of aliphatic hydroxyl groups excluding tert-OH is 1. The summed E-state index contributed by atoms with van der Waals surface area (Å²) in [6, 6.07) is 11.0. The van der Waals surface area contributed by atoms with Crippen LogP contribution in [0.5, 0.6) is 0 Å². The largest absolute Gasteiger partial charge is 0.444 e. The van der Waals surface area contributed by atoms with E-state index < -0.39 is 71.1 Å². The number of carbonyl (C=O) groups excluding carboxylic acids is 9. The summed E-state index contributed by atoms with van der Waals surface area (Å²) in [4.78, 5) is 134. The van der Waals surface area contributed by atoms with Gasteiger partial charge in [0.15, 0.2) is 12.0 Å². The van der Waals surface area contributed by atoms with Crippen LogP contribution in [0.4, 0.5) is 21.0 Å². The van der Waals surface area contributed by atoms with E-state index in [1.54, 1.807) is 70.5 Å². The van der Waals surface area contributed by atoms with Crippen molar-refractivity contribution < 1.29 is 62.5 Å². The standard InChI is InChI=1S/C79H109N9O13/c1-10-38-79-39-37-60-57-33-29-53-47-55(89)32-34-56(53)67(57)59(48-78(60,79)51-99-79)52-27-30-54(31-28-52)82(8)42-23-26-66(91)86-45-43-84(74(97)100-76(2,3)4)50-64(86)72(95)87-46-44-85(75(98)101-77(5,6)7)49-63(87)71(94)83(9)41-21-19-17-15-13-11-12-14-16-18-20-40-80-61-25-22-24-58-68(61)73(96)88(70(58)93)62-35-36-65(90)81-69(62)92/h22,24-25,27-28,30-31,47,57,59-60,62-64,73,80,96H,11-21,23,26,29,32-37,39-46,48-51H2,1-9H3,(H,81,90,92)/t57-,59+,60-,62?,63?,64?,73?,78+,79-/m0/s1. The molecule has 2 saturated carbocycles. The first kappa shape index (κ1) is 74.4. The summed E-state index contributed by atoms with van der Waals surface area (Å²) in [5, 5.41) is 16.9. The fourth-order valence-corrected chi connectivity index (χ4v) is 17.8. The average Bonchev–Trinajstić information content (AvgIpc) is 1.58. The van der Waals surface area contributed by atoms with Crippen LogP contribution in [0.2, 0.25) is 0 Å². The maximum Gasteiger partial charge on any atom is 0.410 e. The number of likely N-dealkylation sites (N-methyl/N-ethyl adjacent to an activating group) is 1. The predicted molar refractivity (Wildman–Crippen MR) is 383 cm³/mol. The van der Waals surface area contributed by atoms with Gasteiger partial charge in [0.2, 0.25) is 29.5 Å². The van der Waals surface area contributed by atoms with Gasteiger partial charge in [-0.1, -0.05) is 87.5 Å². The molecular weight excluding hydrogens is 1280 g/mol. The third-order valence-corrected chi connectivity index (χ3v) is 22.8. The Labute approximate surface area is 597 Å². The number of imide groups is 1. The van der Waals surface area contributed by atoms with E-state index in [2.05, 4.69) is 51.6 Å². The molecule has 0 aromatic heterocycles. The van der Waals surface area contributed by atoms with Crippen LogP contribution in [0.25, 0.3) is 0 Å². The van der Waals surface area contributed by atoms with E-state index in [1.807, 2.05) is 26.1 Å². The molecule has 22 nitrogen and oxygen atoms in total. The van der Waals surface area contributed by atoms with Crippen LogP contribution in [0.3, 0.4) is 0 Å². The number of nitrogens with zero attached hydrogens (tertiary/aromatic N) is 7. The zero-order chi connectivity index (χ0) is 72.1. The third-order valence-electron chi connectivity index (χ3n) is 22.8. The topological polar surface area (TPSA) is 248 Å². The van der Waals surface area contributed by atoms with Gasteiger partial charge in [0.05, 0.1) is 19.7 Å². The van der Waals surface area contributed by atoms with E-state index in [1.165, 1.54) is 41.9 Å². The molecule has 5 aliphatic heterocycles. The van der Waals surface area contributed by atoms with Crippen LogP contribution in [-0.2, 0) is 43.0 Å². The first-order valence-corrected chi connectivity index (χ1v) is 37.6. The normalized spacial score (nSPS) is 26.3. The number of piperidine rings is 1. The van der Waals surface area contributed by atoms with Crippen LogP contribution in [0.15, 0.2) is 65.3 Å². The van der Waals surface area contributed by atoms with Crippen LogP contribution in [-0.4, -0.2) is 202 Å². The van der Waals surface area contributed by atoms with E-state index in [9.17, 15) is 43.5 Å². The molecule has 0 bridgehead atoms. The molecule has 9 atom stereocenters. The minimum atomic E-state index is -1.29. The number of unbranched alkanes of at least 4 members (excludes halogenated alkanes) is 10. The lowest BCUT2D eigenvalue weighted by Crippen LogP contribution is -2.68. The van der Waals surface area contributed by atoms with E-state index in [0.717, 1.165) is 121 Å². The van der Waals surface area contributed by atoms with Crippen molar-refractivity contribution in [1.29, 1.82) is 0 Å². The van der Waals surface area contributed by atoms with Gasteiger partial charge in [-0.3, -0.25) is 43.8 Å². The predicted octanol–water partition coefficient (Wildman–Crippen LogP) is 10.6. The van der Waals surface area contributed by atoms with Gasteiger partial charge < -0.3 is 54.0 Å². The highest BCUT2D eigenvalue weighted by atomic mass is 16.6. The highest BCUT2D eigenvalue weighted by Crippen LogP contribution is 2.71. The average molecular weight is 1390 g/mol. The molecule has 4 saturated heterocycles. The summed E-state index contributed by atoms with van der Waals surface area (Å²) < 4.78 is 18.1. The zero-order valence-corrected chi connectivity index (χ0v) is 61.3. The second-order valence-electron chi connectivity index (χ2n) is 31.8. The van der Waals surface area contributed by atoms with Crippen molar-refractivity contribution in [3.63, 3.8) is 0 Å². The monoisotopic (exact) mass is 1390 g/mol. The molecule has 0 radical (unpaired) electrons. The van der Waals surface area contributed by atoms with Gasteiger partial charge in [-0.25, -0.2) is 9.59 Å². The summed E-state index contributed by atoms with van der Waals surface area (Å²) in [5.74, 6) is 5.77. The summed E-state index contributed by atoms with van der Waals surface area (Å²) in [7, 11) is 3.76. The van der Waals surface area contributed by atoms with Gasteiger partial charge in [-0.2, -0.15) is 0 Å². The molecule has 2 aromatic carbocycles. The molecule has 5 heterocycles. The smallest absolute Gasteiger partial charge is 0.410 e. The first-order chi connectivity index (χ1) is 48.2. The molecule has 8 amide bonds. The molecular formula is C79H109N9O13. The van der Waals surface area contributed by atoms with E-state index in [4.69, 9.17) is 14.2 Å². The molecule has 1 spiro atoms. The molecule has 3 N–H and O–H groups in total. The zero-order valence-electron chi connectivity index (χ0n) is 61.3. The second-order valence-corrected chi connectivity index (χ2v) is 31.8. The Morgan fingerprint density at radius 3 is 2.01 bits per heavy atom. The first-order valence-electron chi connectivity index (χ1n) is 37.6. The number of nitrogens with one attached hydrogen (secondary N) is 2. The van der Waals surface area contributed by atoms with Crippen LogP contribution < -0.4 is 15.5 Å². The lowest BCUT2D eigenvalue weighted by atomic mass is 9.49. The van der Waals surface area contributed by atoms with Gasteiger partial charge in [-0.05, 0) is 172 Å². The molecule has 548 valence electrons. The number of aliphatic hydroxyl groups is 1. The van der Waals surface area contributed by atoms with Crippen molar-refractivity contribution >= 4 is 64.8 Å². The summed E-state index contributed by atoms with van der Waals surface area (Å²) >= 11 is 0. The van der Waals surface area contributed by atoms with Crippen molar-refractivity contribution in [2.24, 2.45) is 17.3 Å². The van der Waals surface area contributed by atoms with Crippen LogP contribution in [0, 0.1) is 29.1 Å². The van der Waals surface area contributed by atoms with Gasteiger partial charge in [0, 0.05) is 113 Å². The number of hydrogen-bond donors (Lipinski definition) is 3. The Morgan fingerprint density at radius 2 is 1.38 bits per heavy atom. The molecule has 6 fully saturated rings.